The molecule has 2 nitrogen and oxygen atoms in total. The number of allylic oxidation sites excluding steroid dienone is 4. The van der Waals surface area contributed by atoms with Crippen LogP contribution in [-0.2, 0) is 6.54 Å². The number of benzene rings is 3. The Morgan fingerprint density at radius 3 is 1.97 bits per heavy atom. The largest absolute Gasteiger partial charge is 0.341 e. The van der Waals surface area contributed by atoms with E-state index in [0.717, 1.165) is 19.6 Å². The number of anilines is 2. The van der Waals surface area contributed by atoms with Crippen LogP contribution >= 0.6 is 0 Å². The fourth-order valence-corrected chi connectivity index (χ4v) is 5.67. The van der Waals surface area contributed by atoms with Crippen molar-refractivity contribution in [3.05, 3.63) is 120 Å². The van der Waals surface area contributed by atoms with E-state index in [1.165, 1.54) is 36.3 Å². The topological polar surface area (TPSA) is 6.48 Å². The van der Waals surface area contributed by atoms with E-state index in [0.29, 0.717) is 17.8 Å². The summed E-state index contributed by atoms with van der Waals surface area (Å²) in [4.78, 5) is 5.21. The van der Waals surface area contributed by atoms with Crippen LogP contribution in [0.4, 0.5) is 11.4 Å². The average molecular weight is 449 g/mol. The third-order valence-corrected chi connectivity index (χ3v) is 7.33. The van der Waals surface area contributed by atoms with Crippen LogP contribution in [0.5, 0.6) is 0 Å². The number of nitrogens with zero attached hydrogens (tertiary/aromatic N) is 2. The van der Waals surface area contributed by atoms with Crippen LogP contribution < -0.4 is 4.90 Å². The van der Waals surface area contributed by atoms with Gasteiger partial charge in [-0.2, -0.15) is 0 Å². The smallest absolute Gasteiger partial charge is 0.0410 e. The van der Waals surface area contributed by atoms with Gasteiger partial charge in [-0.05, 0) is 60.4 Å². The van der Waals surface area contributed by atoms with Crippen LogP contribution in [0, 0.1) is 17.8 Å². The van der Waals surface area contributed by atoms with E-state index in [9.17, 15) is 0 Å². The van der Waals surface area contributed by atoms with Gasteiger partial charge in [0, 0.05) is 37.6 Å². The van der Waals surface area contributed by atoms with Gasteiger partial charge in [0.1, 0.15) is 0 Å². The summed E-state index contributed by atoms with van der Waals surface area (Å²) < 4.78 is 0. The monoisotopic (exact) mass is 448 g/mol. The molecule has 0 bridgehead atoms. The van der Waals surface area contributed by atoms with Gasteiger partial charge in [-0.15, -0.1) is 0 Å². The minimum absolute atomic E-state index is 0.617. The number of likely N-dealkylation sites (tertiary alicyclic amines) is 1. The summed E-state index contributed by atoms with van der Waals surface area (Å²) >= 11 is 0. The summed E-state index contributed by atoms with van der Waals surface area (Å²) in [6.45, 7) is 6.74. The van der Waals surface area contributed by atoms with E-state index >= 15 is 0 Å². The van der Waals surface area contributed by atoms with Gasteiger partial charge in [0.15, 0.2) is 0 Å². The molecular weight excluding hydrogens is 412 g/mol. The van der Waals surface area contributed by atoms with Crippen LogP contribution in [0.15, 0.2) is 115 Å². The lowest BCUT2D eigenvalue weighted by atomic mass is 9.84. The highest BCUT2D eigenvalue weighted by atomic mass is 15.2. The molecule has 1 aliphatic heterocycles. The van der Waals surface area contributed by atoms with Crippen molar-refractivity contribution >= 4 is 11.4 Å². The fraction of sp³-hybridized carbons (Fsp3) is 0.312. The number of rotatable bonds is 8. The van der Waals surface area contributed by atoms with Crippen molar-refractivity contribution in [1.82, 2.24) is 4.90 Å². The third-order valence-electron chi connectivity index (χ3n) is 7.33. The summed E-state index contributed by atoms with van der Waals surface area (Å²) in [5.74, 6) is 1.94. The van der Waals surface area contributed by atoms with Gasteiger partial charge in [0.05, 0.1) is 0 Å². The van der Waals surface area contributed by atoms with Gasteiger partial charge >= 0.3 is 0 Å². The maximum absolute atomic E-state index is 2.68. The molecule has 0 aromatic heterocycles. The molecular formula is C32H36N2. The maximum atomic E-state index is 2.68. The molecule has 1 aliphatic carbocycles. The molecule has 0 spiro atoms. The molecule has 5 rings (SSSR count). The first-order chi connectivity index (χ1) is 16.7. The second kappa shape index (κ2) is 10.9. The molecule has 0 amide bonds. The number of para-hydroxylation sites is 2. The molecule has 1 fully saturated rings. The van der Waals surface area contributed by atoms with E-state index < -0.39 is 0 Å². The van der Waals surface area contributed by atoms with Crippen molar-refractivity contribution in [3.8, 4) is 0 Å². The van der Waals surface area contributed by atoms with E-state index in [1.54, 1.807) is 5.57 Å². The first-order valence-electron chi connectivity index (χ1n) is 12.7. The standard InChI is InChI=1S/C32H36N2/c1-26-12-11-15-28(20-26)21-29-23-33(22-27-13-5-2-6-14-27)24-30(29)25-34(31-16-7-3-8-17-31)32-18-9-4-10-19-32/h2-19,26,29-30H,20-25H2,1H3/t26?,29-,30+/m0/s1. The number of hydrogen-bond acceptors (Lipinski definition) is 2. The Balaban J connectivity index is 1.39. The highest BCUT2D eigenvalue weighted by Crippen LogP contribution is 2.36. The molecule has 3 aromatic carbocycles. The second-order valence-electron chi connectivity index (χ2n) is 10.1. The molecule has 0 saturated carbocycles. The van der Waals surface area contributed by atoms with Gasteiger partial charge in [-0.3, -0.25) is 4.90 Å². The molecule has 2 heteroatoms. The molecule has 3 atom stereocenters. The summed E-state index contributed by atoms with van der Waals surface area (Å²) in [6.07, 6.45) is 9.41. The summed E-state index contributed by atoms with van der Waals surface area (Å²) in [5, 5.41) is 0. The van der Waals surface area contributed by atoms with Gasteiger partial charge in [0.2, 0.25) is 0 Å². The van der Waals surface area contributed by atoms with Crippen molar-refractivity contribution in [3.63, 3.8) is 0 Å². The van der Waals surface area contributed by atoms with E-state index in [2.05, 4.69) is 126 Å². The van der Waals surface area contributed by atoms with Crippen LogP contribution in [-0.4, -0.2) is 24.5 Å². The van der Waals surface area contributed by atoms with Gasteiger partial charge in [0.25, 0.3) is 0 Å². The van der Waals surface area contributed by atoms with E-state index in [-0.39, 0.29) is 0 Å². The lowest BCUT2D eigenvalue weighted by Crippen LogP contribution is -2.30. The quantitative estimate of drug-likeness (QED) is 0.352. The lowest BCUT2D eigenvalue weighted by molar-refractivity contribution is 0.313. The second-order valence-corrected chi connectivity index (χ2v) is 10.1. The predicted octanol–water partition coefficient (Wildman–Crippen LogP) is 7.49. The van der Waals surface area contributed by atoms with Crippen LogP contribution in [0.2, 0.25) is 0 Å². The van der Waals surface area contributed by atoms with Crippen molar-refractivity contribution in [2.24, 2.45) is 17.8 Å². The minimum atomic E-state index is 0.617. The molecule has 34 heavy (non-hydrogen) atoms. The normalized spacial score (nSPS) is 22.5. The van der Waals surface area contributed by atoms with Crippen LogP contribution in [0.25, 0.3) is 0 Å². The molecule has 3 aromatic rings. The Morgan fingerprint density at radius 1 is 0.765 bits per heavy atom. The Kier molecular flexibility index (Phi) is 7.26. The van der Waals surface area contributed by atoms with Gasteiger partial charge < -0.3 is 4.90 Å². The Hall–Kier alpha value is -3.10. The molecule has 0 radical (unpaired) electrons. The lowest BCUT2D eigenvalue weighted by Gasteiger charge is -2.31. The van der Waals surface area contributed by atoms with Crippen LogP contribution in [0.3, 0.4) is 0 Å². The van der Waals surface area contributed by atoms with Crippen molar-refractivity contribution in [2.45, 2.75) is 26.3 Å². The Labute approximate surface area is 205 Å². The SMILES string of the molecule is CC1C=CC=C(C[C@H]2CN(Cc3ccccc3)C[C@@H]2CN(c2ccccc2)c2ccccc2)C1. The Morgan fingerprint density at radius 2 is 1.35 bits per heavy atom. The number of hydrogen-bond donors (Lipinski definition) is 0. The van der Waals surface area contributed by atoms with Crippen molar-refractivity contribution < 1.29 is 0 Å². The van der Waals surface area contributed by atoms with Crippen molar-refractivity contribution in [1.29, 1.82) is 0 Å². The van der Waals surface area contributed by atoms with Gasteiger partial charge in [-0.1, -0.05) is 97.5 Å². The van der Waals surface area contributed by atoms with Gasteiger partial charge in [-0.25, -0.2) is 0 Å². The first-order valence-corrected chi connectivity index (χ1v) is 12.7. The van der Waals surface area contributed by atoms with Crippen LogP contribution in [0.1, 0.15) is 25.3 Å². The summed E-state index contributed by atoms with van der Waals surface area (Å²) in [6, 6.07) is 32.8. The fourth-order valence-electron chi connectivity index (χ4n) is 5.67. The zero-order chi connectivity index (χ0) is 23.2. The summed E-state index contributed by atoms with van der Waals surface area (Å²) in [7, 11) is 0. The molecule has 2 aliphatic rings. The molecule has 1 saturated heterocycles. The van der Waals surface area contributed by atoms with Crippen molar-refractivity contribution in [2.75, 3.05) is 24.5 Å². The third kappa shape index (κ3) is 5.69. The average Bonchev–Trinajstić information content (AvgIpc) is 3.24. The zero-order valence-corrected chi connectivity index (χ0v) is 20.3. The van der Waals surface area contributed by atoms with E-state index in [1.807, 2.05) is 0 Å². The maximum Gasteiger partial charge on any atom is 0.0410 e. The Bertz CT molecular complexity index is 1050. The first kappa shape index (κ1) is 22.7. The highest BCUT2D eigenvalue weighted by Gasteiger charge is 2.35. The molecule has 1 unspecified atom stereocenters. The molecule has 174 valence electrons. The summed E-state index contributed by atoms with van der Waals surface area (Å²) in [5.41, 5.74) is 5.60. The highest BCUT2D eigenvalue weighted by molar-refractivity contribution is 5.63. The zero-order valence-electron chi connectivity index (χ0n) is 20.3. The molecule has 1 heterocycles. The van der Waals surface area contributed by atoms with E-state index in [4.69, 9.17) is 0 Å². The molecule has 0 N–H and O–H groups in total. The minimum Gasteiger partial charge on any atom is -0.341 e. The predicted molar refractivity (Wildman–Crippen MR) is 144 cm³/mol.